The first-order valence-electron chi connectivity index (χ1n) is 9.54. The van der Waals surface area contributed by atoms with E-state index in [1.807, 2.05) is 0 Å². The lowest BCUT2D eigenvalue weighted by molar-refractivity contribution is -0.127. The van der Waals surface area contributed by atoms with Crippen LogP contribution < -0.4 is 0 Å². The average Bonchev–Trinajstić information content (AvgIpc) is 3.50. The highest BCUT2D eigenvalue weighted by Gasteiger charge is 2.17. The Bertz CT molecular complexity index is 1140. The van der Waals surface area contributed by atoms with Gasteiger partial charge in [0.05, 0.1) is 37.0 Å². The number of rotatable bonds is 7. The maximum Gasteiger partial charge on any atom is 0.247 e. The summed E-state index contributed by atoms with van der Waals surface area (Å²) in [6.07, 6.45) is 6.20. The van der Waals surface area contributed by atoms with Crippen molar-refractivity contribution in [1.82, 2.24) is 14.7 Å². The Morgan fingerprint density at radius 2 is 1.71 bits per heavy atom. The fraction of sp³-hybridized carbons (Fsp3) is 0.130. The highest BCUT2D eigenvalue weighted by molar-refractivity contribution is 6.31. The zero-order valence-corrected chi connectivity index (χ0v) is 17.4. The second kappa shape index (κ2) is 9.06. The third-order valence-corrected chi connectivity index (χ3v) is 5.04. The average molecular weight is 440 g/mol. The Balaban J connectivity index is 1.56. The van der Waals surface area contributed by atoms with Gasteiger partial charge in [0.15, 0.2) is 0 Å². The van der Waals surface area contributed by atoms with Gasteiger partial charge in [-0.05, 0) is 61.5 Å². The van der Waals surface area contributed by atoms with Crippen molar-refractivity contribution >= 4 is 23.6 Å². The van der Waals surface area contributed by atoms with E-state index in [-0.39, 0.29) is 11.7 Å². The molecule has 0 bridgehead atoms. The summed E-state index contributed by atoms with van der Waals surface area (Å²) in [6, 6.07) is 13.0. The molecule has 0 saturated carbocycles. The van der Waals surface area contributed by atoms with E-state index in [9.17, 15) is 9.18 Å². The summed E-state index contributed by atoms with van der Waals surface area (Å²) < 4.78 is 25.5. The van der Waals surface area contributed by atoms with Gasteiger partial charge in [-0.1, -0.05) is 11.6 Å². The van der Waals surface area contributed by atoms with E-state index in [4.69, 9.17) is 20.4 Å². The summed E-state index contributed by atoms with van der Waals surface area (Å²) >= 11 is 6.50. The number of aromatic nitrogens is 2. The van der Waals surface area contributed by atoms with Crippen molar-refractivity contribution in [3.05, 3.63) is 101 Å². The highest BCUT2D eigenvalue weighted by Crippen LogP contribution is 2.25. The van der Waals surface area contributed by atoms with Crippen LogP contribution in [0.3, 0.4) is 0 Å². The molecule has 0 spiro atoms. The van der Waals surface area contributed by atoms with Gasteiger partial charge in [-0.3, -0.25) is 4.79 Å². The van der Waals surface area contributed by atoms with Crippen molar-refractivity contribution in [2.45, 2.75) is 20.0 Å². The van der Waals surface area contributed by atoms with Gasteiger partial charge in [-0.2, -0.15) is 5.10 Å². The molecular weight excluding hydrogens is 421 g/mol. The van der Waals surface area contributed by atoms with E-state index < -0.39 is 0 Å². The zero-order valence-electron chi connectivity index (χ0n) is 16.7. The molecule has 0 aliphatic heterocycles. The number of carbonyl (C=O) groups excluding carboxylic acids is 1. The van der Waals surface area contributed by atoms with Gasteiger partial charge in [0, 0.05) is 11.6 Å². The molecule has 0 radical (unpaired) electrons. The van der Waals surface area contributed by atoms with Gasteiger partial charge in [0.25, 0.3) is 0 Å². The minimum atomic E-state index is -0.345. The van der Waals surface area contributed by atoms with E-state index in [2.05, 4.69) is 5.10 Å². The van der Waals surface area contributed by atoms with Gasteiger partial charge in [-0.25, -0.2) is 9.07 Å². The molecule has 0 unspecified atom stereocenters. The predicted octanol–water partition coefficient (Wildman–Crippen LogP) is 5.40. The summed E-state index contributed by atoms with van der Waals surface area (Å²) in [7, 11) is 0. The molecule has 3 aromatic heterocycles. The van der Waals surface area contributed by atoms with Crippen LogP contribution in [0.15, 0.2) is 76.0 Å². The summed E-state index contributed by atoms with van der Waals surface area (Å²) in [5.74, 6) is 0.735. The van der Waals surface area contributed by atoms with Crippen LogP contribution in [0.25, 0.3) is 11.8 Å². The molecule has 1 amide bonds. The summed E-state index contributed by atoms with van der Waals surface area (Å²) in [5.41, 5.74) is 1.87. The van der Waals surface area contributed by atoms with Gasteiger partial charge in [0.2, 0.25) is 5.91 Å². The van der Waals surface area contributed by atoms with E-state index in [1.165, 1.54) is 22.9 Å². The highest BCUT2D eigenvalue weighted by atomic mass is 35.5. The Morgan fingerprint density at radius 1 is 1.10 bits per heavy atom. The quantitative estimate of drug-likeness (QED) is 0.361. The van der Waals surface area contributed by atoms with Crippen LogP contribution in [0.5, 0.6) is 0 Å². The number of furan rings is 2. The first kappa shape index (κ1) is 20.7. The van der Waals surface area contributed by atoms with Gasteiger partial charge >= 0.3 is 0 Å². The first-order chi connectivity index (χ1) is 15.0. The monoisotopic (exact) mass is 439 g/mol. The number of halogens is 2. The number of aryl methyl sites for hydroxylation is 1. The Hall–Kier alpha value is -3.58. The molecule has 6 nitrogen and oxygen atoms in total. The first-order valence-corrected chi connectivity index (χ1v) is 9.92. The number of nitrogens with zero attached hydrogens (tertiary/aromatic N) is 3. The molecule has 158 valence electrons. The number of hydrogen-bond donors (Lipinski definition) is 0. The van der Waals surface area contributed by atoms with Gasteiger partial charge in [0.1, 0.15) is 22.5 Å². The van der Waals surface area contributed by atoms with E-state index in [0.29, 0.717) is 46.7 Å². The molecule has 1 aromatic carbocycles. The fourth-order valence-corrected chi connectivity index (χ4v) is 3.44. The van der Waals surface area contributed by atoms with Crippen molar-refractivity contribution < 1.29 is 18.0 Å². The SMILES string of the molecule is Cc1nn(-c2ccc(F)cc2)c(Cl)c1/C=C/C(=O)N(Cc1ccco1)Cc1ccco1. The van der Waals surface area contributed by atoms with Crippen LogP contribution in [0.4, 0.5) is 4.39 Å². The van der Waals surface area contributed by atoms with Gasteiger partial charge in [-0.15, -0.1) is 0 Å². The molecular formula is C23H19ClFN3O3. The maximum atomic E-state index is 13.2. The van der Waals surface area contributed by atoms with Crippen LogP contribution in [0.2, 0.25) is 5.15 Å². The topological polar surface area (TPSA) is 64.4 Å². The second-order valence-corrected chi connectivity index (χ2v) is 7.22. The normalized spacial score (nSPS) is 11.3. The summed E-state index contributed by atoms with van der Waals surface area (Å²) in [6.45, 7) is 2.37. The molecule has 0 atom stereocenters. The minimum absolute atomic E-state index is 0.238. The molecule has 4 rings (SSSR count). The third-order valence-electron chi connectivity index (χ3n) is 4.68. The van der Waals surface area contributed by atoms with E-state index >= 15 is 0 Å². The summed E-state index contributed by atoms with van der Waals surface area (Å²) in [4.78, 5) is 14.5. The zero-order chi connectivity index (χ0) is 21.8. The molecule has 0 fully saturated rings. The Kier molecular flexibility index (Phi) is 6.04. The number of carbonyl (C=O) groups is 1. The Morgan fingerprint density at radius 3 is 2.26 bits per heavy atom. The van der Waals surface area contributed by atoms with Crippen molar-refractivity contribution in [3.63, 3.8) is 0 Å². The van der Waals surface area contributed by atoms with Crippen LogP contribution in [0, 0.1) is 12.7 Å². The lowest BCUT2D eigenvalue weighted by Gasteiger charge is -2.18. The standard InChI is InChI=1S/C23H19ClFN3O3/c1-16-21(23(24)28(26-16)18-8-6-17(25)7-9-18)10-11-22(29)27(14-19-4-2-12-30-19)15-20-5-3-13-31-20/h2-13H,14-15H2,1H3/b11-10+. The van der Waals surface area contributed by atoms with Crippen LogP contribution in [0.1, 0.15) is 22.8 Å². The maximum absolute atomic E-state index is 13.2. The van der Waals surface area contributed by atoms with Crippen molar-refractivity contribution in [1.29, 1.82) is 0 Å². The van der Waals surface area contributed by atoms with E-state index in [0.717, 1.165) is 0 Å². The van der Waals surface area contributed by atoms with Gasteiger partial charge < -0.3 is 13.7 Å². The number of hydrogen-bond acceptors (Lipinski definition) is 4. The lowest BCUT2D eigenvalue weighted by Crippen LogP contribution is -2.28. The largest absolute Gasteiger partial charge is 0.467 e. The molecule has 8 heteroatoms. The minimum Gasteiger partial charge on any atom is -0.467 e. The molecule has 0 N–H and O–H groups in total. The summed E-state index contributed by atoms with van der Waals surface area (Å²) in [5, 5.41) is 4.74. The molecule has 31 heavy (non-hydrogen) atoms. The fourth-order valence-electron chi connectivity index (χ4n) is 3.11. The molecule has 0 aliphatic rings. The smallest absolute Gasteiger partial charge is 0.247 e. The lowest BCUT2D eigenvalue weighted by atomic mass is 10.2. The van der Waals surface area contributed by atoms with Crippen molar-refractivity contribution in [2.24, 2.45) is 0 Å². The molecule has 3 heterocycles. The number of amides is 1. The molecule has 0 saturated heterocycles. The van der Waals surface area contributed by atoms with Crippen molar-refractivity contribution in [2.75, 3.05) is 0 Å². The van der Waals surface area contributed by atoms with Crippen molar-refractivity contribution in [3.8, 4) is 5.69 Å². The molecule has 4 aromatic rings. The number of benzene rings is 1. The van der Waals surface area contributed by atoms with Crippen LogP contribution >= 0.6 is 11.6 Å². The second-order valence-electron chi connectivity index (χ2n) is 6.86. The van der Waals surface area contributed by atoms with Crippen LogP contribution in [-0.2, 0) is 17.9 Å². The van der Waals surface area contributed by atoms with E-state index in [1.54, 1.807) is 66.8 Å². The third kappa shape index (κ3) is 4.78. The molecule has 0 aliphatic carbocycles. The van der Waals surface area contributed by atoms with Crippen LogP contribution in [-0.4, -0.2) is 20.6 Å². The Labute approximate surface area is 183 Å². The predicted molar refractivity (Wildman–Crippen MR) is 114 cm³/mol.